The molecule has 0 radical (unpaired) electrons. The van der Waals surface area contributed by atoms with Gasteiger partial charge in [-0.05, 0) is 49.7 Å². The number of ether oxygens (including phenoxy) is 2. The van der Waals surface area contributed by atoms with Crippen molar-refractivity contribution in [1.29, 1.82) is 0 Å². The minimum atomic E-state index is -4.46. The van der Waals surface area contributed by atoms with Crippen molar-refractivity contribution in [2.45, 2.75) is 26.1 Å². The maximum Gasteiger partial charge on any atom is 0.416 e. The van der Waals surface area contributed by atoms with Crippen LogP contribution in [-0.2, 0) is 20.5 Å². The van der Waals surface area contributed by atoms with E-state index in [9.17, 15) is 22.8 Å². The van der Waals surface area contributed by atoms with E-state index >= 15 is 0 Å². The molecule has 0 aliphatic carbocycles. The second-order valence-corrected chi connectivity index (χ2v) is 5.75. The van der Waals surface area contributed by atoms with Gasteiger partial charge in [0, 0.05) is 5.69 Å². The molecule has 1 N–H and O–H groups in total. The van der Waals surface area contributed by atoms with Gasteiger partial charge in [0.05, 0.1) is 5.56 Å². The van der Waals surface area contributed by atoms with Crippen LogP contribution >= 0.6 is 0 Å². The first-order valence-electron chi connectivity index (χ1n) is 8.03. The molecular formula is C19H18F3NO4. The summed E-state index contributed by atoms with van der Waals surface area (Å²) in [6.45, 7) is 2.80. The Morgan fingerprint density at radius 2 is 1.70 bits per heavy atom. The molecule has 0 aliphatic heterocycles. The molecule has 0 spiro atoms. The largest absolute Gasteiger partial charge is 0.482 e. The summed E-state index contributed by atoms with van der Waals surface area (Å²) >= 11 is 0. The predicted octanol–water partition coefficient (Wildman–Crippen LogP) is 3.96. The number of halogens is 3. The van der Waals surface area contributed by atoms with Crippen LogP contribution in [0, 0.1) is 6.92 Å². The van der Waals surface area contributed by atoms with Gasteiger partial charge in [0.1, 0.15) is 5.75 Å². The highest BCUT2D eigenvalue weighted by molar-refractivity contribution is 5.95. The molecular weight excluding hydrogens is 363 g/mol. The molecule has 0 heterocycles. The standard InChI is InChI=1S/C19H18F3NO4/c1-12-5-3-4-6-16(12)26-11-17(24)27-13(2)18(25)23-15-9-7-14(8-10-15)19(20,21)22/h3-10,13H,11H2,1-2H3,(H,23,25). The van der Waals surface area contributed by atoms with Crippen LogP contribution in [-0.4, -0.2) is 24.6 Å². The number of amides is 1. The van der Waals surface area contributed by atoms with Gasteiger partial charge in [0.15, 0.2) is 12.7 Å². The van der Waals surface area contributed by atoms with Gasteiger partial charge in [-0.25, -0.2) is 4.79 Å². The van der Waals surface area contributed by atoms with Crippen molar-refractivity contribution in [2.24, 2.45) is 0 Å². The van der Waals surface area contributed by atoms with Crippen molar-refractivity contribution in [3.63, 3.8) is 0 Å². The summed E-state index contributed by atoms with van der Waals surface area (Å²) in [6.07, 6.45) is -5.59. The SMILES string of the molecule is Cc1ccccc1OCC(=O)OC(C)C(=O)Nc1ccc(C(F)(F)F)cc1. The third-order valence-electron chi connectivity index (χ3n) is 3.60. The topological polar surface area (TPSA) is 64.6 Å². The highest BCUT2D eigenvalue weighted by Gasteiger charge is 2.30. The second-order valence-electron chi connectivity index (χ2n) is 5.75. The van der Waals surface area contributed by atoms with Gasteiger partial charge in [-0.3, -0.25) is 4.79 Å². The van der Waals surface area contributed by atoms with Crippen LogP contribution < -0.4 is 10.1 Å². The van der Waals surface area contributed by atoms with Gasteiger partial charge in [-0.2, -0.15) is 13.2 Å². The number of para-hydroxylation sites is 1. The number of aryl methyl sites for hydroxylation is 1. The Morgan fingerprint density at radius 1 is 1.07 bits per heavy atom. The van der Waals surface area contributed by atoms with Gasteiger partial charge in [0.2, 0.25) is 0 Å². The molecule has 5 nitrogen and oxygen atoms in total. The fraction of sp³-hybridized carbons (Fsp3) is 0.263. The minimum absolute atomic E-state index is 0.159. The Balaban J connectivity index is 1.84. The Labute approximate surface area is 154 Å². The van der Waals surface area contributed by atoms with Crippen LogP contribution in [0.25, 0.3) is 0 Å². The molecule has 8 heteroatoms. The van der Waals surface area contributed by atoms with Crippen molar-refractivity contribution in [3.8, 4) is 5.75 Å². The van der Waals surface area contributed by atoms with Crippen LogP contribution in [0.5, 0.6) is 5.75 Å². The molecule has 0 aliphatic rings. The molecule has 0 bridgehead atoms. The summed E-state index contributed by atoms with van der Waals surface area (Å²) in [5.74, 6) is -0.886. The van der Waals surface area contributed by atoms with Crippen molar-refractivity contribution in [2.75, 3.05) is 11.9 Å². The lowest BCUT2D eigenvalue weighted by molar-refractivity contribution is -0.155. The molecule has 0 saturated carbocycles. The van der Waals surface area contributed by atoms with E-state index in [2.05, 4.69) is 5.32 Å². The van der Waals surface area contributed by atoms with Gasteiger partial charge in [0.25, 0.3) is 5.91 Å². The molecule has 1 amide bonds. The smallest absolute Gasteiger partial charge is 0.416 e. The zero-order valence-corrected chi connectivity index (χ0v) is 14.7. The van der Waals surface area contributed by atoms with Crippen LogP contribution in [0.2, 0.25) is 0 Å². The first-order chi connectivity index (χ1) is 12.7. The number of carbonyl (C=O) groups is 2. The van der Waals surface area contributed by atoms with Crippen molar-refractivity contribution >= 4 is 17.6 Å². The summed E-state index contributed by atoms with van der Waals surface area (Å²) in [5.41, 5.74) is 0.179. The molecule has 144 valence electrons. The molecule has 0 saturated heterocycles. The molecule has 27 heavy (non-hydrogen) atoms. The van der Waals surface area contributed by atoms with E-state index < -0.39 is 29.7 Å². The third-order valence-corrected chi connectivity index (χ3v) is 3.60. The van der Waals surface area contributed by atoms with E-state index in [-0.39, 0.29) is 12.3 Å². The molecule has 1 unspecified atom stereocenters. The fourth-order valence-electron chi connectivity index (χ4n) is 2.13. The summed E-state index contributed by atoms with van der Waals surface area (Å²) in [7, 11) is 0. The van der Waals surface area contributed by atoms with E-state index in [1.54, 1.807) is 12.1 Å². The summed E-state index contributed by atoms with van der Waals surface area (Å²) in [5, 5.41) is 2.38. The number of esters is 1. The Morgan fingerprint density at radius 3 is 2.30 bits per heavy atom. The lowest BCUT2D eigenvalue weighted by atomic mass is 10.2. The van der Waals surface area contributed by atoms with Gasteiger partial charge < -0.3 is 14.8 Å². The molecule has 0 aromatic heterocycles. The van der Waals surface area contributed by atoms with E-state index in [0.717, 1.165) is 29.8 Å². The van der Waals surface area contributed by atoms with Gasteiger partial charge in [-0.15, -0.1) is 0 Å². The first-order valence-corrected chi connectivity index (χ1v) is 8.03. The number of benzene rings is 2. The van der Waals surface area contributed by atoms with E-state index in [4.69, 9.17) is 9.47 Å². The maximum atomic E-state index is 12.5. The molecule has 2 aromatic carbocycles. The molecule has 2 aromatic rings. The Bertz CT molecular complexity index is 803. The summed E-state index contributed by atoms with van der Waals surface area (Å²) in [6, 6.07) is 11.0. The predicted molar refractivity (Wildman–Crippen MR) is 92.3 cm³/mol. The first kappa shape index (κ1) is 20.3. The highest BCUT2D eigenvalue weighted by atomic mass is 19.4. The van der Waals surface area contributed by atoms with Crippen molar-refractivity contribution < 1.29 is 32.2 Å². The number of carbonyl (C=O) groups excluding carboxylic acids is 2. The van der Waals surface area contributed by atoms with Crippen LogP contribution in [0.3, 0.4) is 0 Å². The number of hydrogen-bond acceptors (Lipinski definition) is 4. The van der Waals surface area contributed by atoms with Gasteiger partial charge >= 0.3 is 12.1 Å². The van der Waals surface area contributed by atoms with E-state index in [1.165, 1.54) is 6.92 Å². The Hall–Kier alpha value is -3.03. The number of alkyl halides is 3. The molecule has 1 atom stereocenters. The fourth-order valence-corrected chi connectivity index (χ4v) is 2.13. The lowest BCUT2D eigenvalue weighted by Crippen LogP contribution is -2.31. The zero-order valence-electron chi connectivity index (χ0n) is 14.7. The van der Waals surface area contributed by atoms with E-state index in [1.807, 2.05) is 19.1 Å². The average molecular weight is 381 g/mol. The number of rotatable bonds is 6. The molecule has 0 fully saturated rings. The lowest BCUT2D eigenvalue weighted by Gasteiger charge is -2.15. The van der Waals surface area contributed by atoms with Gasteiger partial charge in [-0.1, -0.05) is 18.2 Å². The average Bonchev–Trinajstić information content (AvgIpc) is 2.60. The third kappa shape index (κ3) is 6.02. The quantitative estimate of drug-likeness (QED) is 0.770. The van der Waals surface area contributed by atoms with E-state index in [0.29, 0.717) is 5.75 Å². The van der Waals surface area contributed by atoms with Crippen LogP contribution in [0.1, 0.15) is 18.1 Å². The summed E-state index contributed by atoms with van der Waals surface area (Å²) < 4.78 is 47.8. The maximum absolute atomic E-state index is 12.5. The number of nitrogens with one attached hydrogen (secondary N) is 1. The van der Waals surface area contributed by atoms with Crippen molar-refractivity contribution in [3.05, 3.63) is 59.7 Å². The Kier molecular flexibility index (Phi) is 6.44. The normalized spacial score (nSPS) is 12.2. The highest BCUT2D eigenvalue weighted by Crippen LogP contribution is 2.29. The summed E-state index contributed by atoms with van der Waals surface area (Å²) in [4.78, 5) is 23.8. The minimum Gasteiger partial charge on any atom is -0.482 e. The monoisotopic (exact) mass is 381 g/mol. The number of hydrogen-bond donors (Lipinski definition) is 1. The zero-order chi connectivity index (χ0) is 20.0. The van der Waals surface area contributed by atoms with Crippen LogP contribution in [0.4, 0.5) is 18.9 Å². The van der Waals surface area contributed by atoms with Crippen LogP contribution in [0.15, 0.2) is 48.5 Å². The second kappa shape index (κ2) is 8.57. The van der Waals surface area contributed by atoms with Crippen molar-refractivity contribution in [1.82, 2.24) is 0 Å². The molecule has 2 rings (SSSR count). The number of anilines is 1.